The second-order valence-corrected chi connectivity index (χ2v) is 13.1. The van der Waals surface area contributed by atoms with Gasteiger partial charge in [-0.1, -0.05) is 159 Å². The van der Waals surface area contributed by atoms with Crippen LogP contribution in [0, 0.1) is 0 Å². The van der Waals surface area contributed by atoms with Gasteiger partial charge in [0.2, 0.25) is 0 Å². The highest BCUT2D eigenvalue weighted by Gasteiger charge is 2.18. The van der Waals surface area contributed by atoms with E-state index in [1.807, 2.05) is 97.2 Å². The molecule has 7 aromatic carbocycles. The molecule has 2 heterocycles. The maximum Gasteiger partial charge on any atom is 0.164 e. The van der Waals surface area contributed by atoms with Gasteiger partial charge in [-0.25, -0.2) is 15.0 Å². The lowest BCUT2D eigenvalue weighted by Crippen LogP contribution is -2.00. The maximum absolute atomic E-state index is 5.13. The fraction of sp³-hybridized carbons (Fsp3) is 0. The van der Waals surface area contributed by atoms with Gasteiger partial charge < -0.3 is 0 Å². The highest BCUT2D eigenvalue weighted by Crippen LogP contribution is 2.42. The van der Waals surface area contributed by atoms with E-state index >= 15 is 0 Å². The molecule has 0 saturated carbocycles. The van der Waals surface area contributed by atoms with Gasteiger partial charge in [-0.15, -0.1) is 0 Å². The van der Waals surface area contributed by atoms with Crippen LogP contribution >= 0.6 is 0 Å². The summed E-state index contributed by atoms with van der Waals surface area (Å²) in [6.45, 7) is 8.41. The summed E-state index contributed by atoms with van der Waals surface area (Å²) in [6, 6.07) is 56.5. The molecule has 254 valence electrons. The summed E-state index contributed by atoms with van der Waals surface area (Å²) < 4.78 is 0. The van der Waals surface area contributed by atoms with Crippen LogP contribution in [-0.4, -0.2) is 19.9 Å². The minimum Gasteiger partial charge on any atom is -0.256 e. The lowest BCUT2D eigenvalue weighted by Gasteiger charge is -2.18. The molecule has 0 unspecified atom stereocenters. The van der Waals surface area contributed by atoms with E-state index < -0.39 is 0 Å². The second-order valence-electron chi connectivity index (χ2n) is 13.1. The molecule has 0 radical (unpaired) electrons. The molecule has 0 amide bonds. The number of nitrogens with zero attached hydrogens (tertiary/aromatic N) is 4. The first-order valence-corrected chi connectivity index (χ1v) is 18.0. The Morgan fingerprint density at radius 3 is 1.52 bits per heavy atom. The van der Waals surface area contributed by atoms with Crippen LogP contribution in [0.25, 0.3) is 101 Å². The molecule has 0 fully saturated rings. The highest BCUT2D eigenvalue weighted by atomic mass is 15.0. The molecule has 0 aliphatic carbocycles. The highest BCUT2D eigenvalue weighted by molar-refractivity contribution is 6.19. The Kier molecular flexibility index (Phi) is 8.46. The van der Waals surface area contributed by atoms with E-state index in [0.29, 0.717) is 17.5 Å². The summed E-state index contributed by atoms with van der Waals surface area (Å²) in [4.78, 5) is 19.8. The van der Waals surface area contributed by atoms with Crippen molar-refractivity contribution in [2.45, 2.75) is 0 Å². The monoisotopic (exact) mass is 690 g/mol. The second kappa shape index (κ2) is 14.0. The Labute approximate surface area is 314 Å². The number of aromatic nitrogens is 4. The van der Waals surface area contributed by atoms with Gasteiger partial charge in [0.05, 0.1) is 5.69 Å². The van der Waals surface area contributed by atoms with Crippen LogP contribution in [0.1, 0.15) is 11.1 Å². The van der Waals surface area contributed by atoms with E-state index in [9.17, 15) is 0 Å². The molecule has 0 aliphatic rings. The average molecular weight is 691 g/mol. The van der Waals surface area contributed by atoms with Crippen molar-refractivity contribution in [1.29, 1.82) is 0 Å². The van der Waals surface area contributed by atoms with Gasteiger partial charge in [-0.2, -0.15) is 0 Å². The maximum atomic E-state index is 5.13. The summed E-state index contributed by atoms with van der Waals surface area (Å²) in [5, 5.41) is 4.59. The molecule has 0 N–H and O–H groups in total. The fourth-order valence-corrected chi connectivity index (χ4v) is 7.36. The molecule has 0 bridgehead atoms. The third-order valence-electron chi connectivity index (χ3n) is 9.92. The van der Waals surface area contributed by atoms with Gasteiger partial charge in [-0.05, 0) is 85.3 Å². The van der Waals surface area contributed by atoms with Crippen molar-refractivity contribution in [2.24, 2.45) is 0 Å². The van der Waals surface area contributed by atoms with Gasteiger partial charge in [0.25, 0.3) is 0 Å². The normalized spacial score (nSPS) is 11.1. The molecule has 0 aliphatic heterocycles. The van der Waals surface area contributed by atoms with Crippen molar-refractivity contribution in [3.05, 3.63) is 194 Å². The largest absolute Gasteiger partial charge is 0.256 e. The van der Waals surface area contributed by atoms with Gasteiger partial charge in [0.1, 0.15) is 0 Å². The number of hydrogen-bond acceptors (Lipinski definition) is 4. The molecular weight excluding hydrogens is 657 g/mol. The zero-order valence-corrected chi connectivity index (χ0v) is 29.5. The van der Waals surface area contributed by atoms with E-state index in [1.165, 1.54) is 0 Å². The standard InChI is InChI=1S/C50H34N4/c1-3-40-41(4-2)44-23-15-22-42(47(44)45-21-12-11-20-43(40)45)38-30-37(33-25-27-34(28-26-33)46-24-13-14-29-51-46)31-39(32-38)50-53-48(35-16-7-5-8-17-35)52-49(54-50)36-18-9-6-10-19-36/h3-32H,1-2H2. The van der Waals surface area contributed by atoms with E-state index in [-0.39, 0.29) is 0 Å². The summed E-state index contributed by atoms with van der Waals surface area (Å²) in [5.74, 6) is 1.84. The Bertz CT molecular complexity index is 2770. The molecule has 4 heteroatoms. The summed E-state index contributed by atoms with van der Waals surface area (Å²) in [5.41, 5.74) is 11.2. The summed E-state index contributed by atoms with van der Waals surface area (Å²) in [7, 11) is 0. The third kappa shape index (κ3) is 5.96. The molecule has 0 atom stereocenters. The van der Waals surface area contributed by atoms with Crippen LogP contribution in [0.4, 0.5) is 0 Å². The van der Waals surface area contributed by atoms with Crippen molar-refractivity contribution >= 4 is 33.7 Å². The van der Waals surface area contributed by atoms with Crippen LogP contribution in [0.2, 0.25) is 0 Å². The van der Waals surface area contributed by atoms with E-state index in [4.69, 9.17) is 15.0 Å². The first-order valence-electron chi connectivity index (χ1n) is 18.0. The molecule has 0 spiro atoms. The molecule has 54 heavy (non-hydrogen) atoms. The number of hydrogen-bond donors (Lipinski definition) is 0. The number of benzene rings is 7. The molecular formula is C50H34N4. The fourth-order valence-electron chi connectivity index (χ4n) is 7.36. The Hall–Kier alpha value is -7.30. The topological polar surface area (TPSA) is 51.6 Å². The zero-order chi connectivity index (χ0) is 36.4. The molecule has 9 rings (SSSR count). The van der Waals surface area contributed by atoms with Gasteiger partial charge in [-0.3, -0.25) is 4.98 Å². The minimum atomic E-state index is 0.599. The predicted octanol–water partition coefficient (Wildman–Crippen LogP) is 12.9. The molecule has 4 nitrogen and oxygen atoms in total. The lowest BCUT2D eigenvalue weighted by atomic mass is 9.86. The predicted molar refractivity (Wildman–Crippen MR) is 225 cm³/mol. The van der Waals surface area contributed by atoms with Gasteiger partial charge in [0.15, 0.2) is 17.5 Å². The number of rotatable bonds is 8. The zero-order valence-electron chi connectivity index (χ0n) is 29.5. The third-order valence-corrected chi connectivity index (χ3v) is 9.92. The quantitative estimate of drug-likeness (QED) is 0.149. The molecule has 9 aromatic rings. The lowest BCUT2D eigenvalue weighted by molar-refractivity contribution is 1.07. The van der Waals surface area contributed by atoms with Crippen molar-refractivity contribution in [3.8, 4) is 67.7 Å². The molecule has 0 saturated heterocycles. The van der Waals surface area contributed by atoms with Crippen LogP contribution in [0.15, 0.2) is 183 Å². The van der Waals surface area contributed by atoms with E-state index in [1.54, 1.807) is 0 Å². The Morgan fingerprint density at radius 1 is 0.370 bits per heavy atom. The Morgan fingerprint density at radius 2 is 0.889 bits per heavy atom. The average Bonchev–Trinajstić information content (AvgIpc) is 3.26. The van der Waals surface area contributed by atoms with Crippen LogP contribution < -0.4 is 0 Å². The van der Waals surface area contributed by atoms with Crippen molar-refractivity contribution in [1.82, 2.24) is 19.9 Å². The van der Waals surface area contributed by atoms with Crippen molar-refractivity contribution in [2.75, 3.05) is 0 Å². The minimum absolute atomic E-state index is 0.599. The molecule has 2 aromatic heterocycles. The van der Waals surface area contributed by atoms with Crippen molar-refractivity contribution in [3.63, 3.8) is 0 Å². The van der Waals surface area contributed by atoms with Crippen LogP contribution in [0.3, 0.4) is 0 Å². The van der Waals surface area contributed by atoms with Gasteiger partial charge in [0, 0.05) is 28.5 Å². The first kappa shape index (κ1) is 32.6. The van der Waals surface area contributed by atoms with Gasteiger partial charge >= 0.3 is 0 Å². The summed E-state index contributed by atoms with van der Waals surface area (Å²) in [6.07, 6.45) is 5.71. The number of fused-ring (bicyclic) bond motifs is 3. The number of pyridine rings is 1. The SMILES string of the molecule is C=Cc1c(C=C)c2cccc(-c3cc(-c4ccc(-c5ccccn5)cc4)cc(-c4nc(-c5ccccc5)nc(-c5ccccc5)n4)c3)c2c2ccccc12. The summed E-state index contributed by atoms with van der Waals surface area (Å²) >= 11 is 0. The van der Waals surface area contributed by atoms with Crippen molar-refractivity contribution < 1.29 is 0 Å². The first-order chi connectivity index (χ1) is 26.7. The van der Waals surface area contributed by atoms with Crippen LogP contribution in [-0.2, 0) is 0 Å². The van der Waals surface area contributed by atoms with Crippen LogP contribution in [0.5, 0.6) is 0 Å². The smallest absolute Gasteiger partial charge is 0.164 e. The van der Waals surface area contributed by atoms with E-state index in [2.05, 4.69) is 103 Å². The Balaban J connectivity index is 1.32. The van der Waals surface area contributed by atoms with E-state index in [0.717, 1.165) is 82.9 Å².